The van der Waals surface area contributed by atoms with Gasteiger partial charge in [-0.1, -0.05) is 72.9 Å². The van der Waals surface area contributed by atoms with Gasteiger partial charge in [-0.15, -0.1) is 0 Å². The van der Waals surface area contributed by atoms with Crippen LogP contribution in [0, 0.1) is 34.5 Å². The van der Waals surface area contributed by atoms with Crippen LogP contribution in [0.25, 0.3) is 0 Å². The van der Waals surface area contributed by atoms with Crippen molar-refractivity contribution >= 4 is 6.29 Å². The number of aliphatic hydroxyl groups is 6. The standard InChI is InChI=1S/C52H76N2O9/c1-35(40-15-14-36(2)48(60)54-49(3,23-26-62-5)29-38-11-7-10-37(27-38)28-40)9-6-12-42(32-63-33-43(58)31-57)44-17-21-52(47(44)59)46-39(18-25-55)16-20-50(34-51(52,61)22-24-53-4)19-8-13-41(30-56)45(46)50/h6-7,9-12,14,16,20,27,30,39-40,43-44,46-48,53-55,57-61H,1,8,13,15,17-19,21-26,28-29,31-34H2,2-5H3/b9-6+,36-14+,42-12-/t39-,40+,43-,44+,46-,47-,48-,49+,50-,51-,52-/m1/s1. The monoisotopic (exact) mass is 873 g/mol. The molecule has 2 saturated carbocycles. The third-order valence-electron chi connectivity index (χ3n) is 15.5. The molecule has 0 saturated heterocycles. The van der Waals surface area contributed by atoms with Crippen LogP contribution in [0.4, 0.5) is 0 Å². The number of benzene rings is 1. The second-order valence-electron chi connectivity index (χ2n) is 19.7. The van der Waals surface area contributed by atoms with Crippen LogP contribution in [-0.4, -0.2) is 120 Å². The minimum atomic E-state index is -1.28. The molecule has 2 fully saturated rings. The average molecular weight is 873 g/mol. The summed E-state index contributed by atoms with van der Waals surface area (Å²) in [7, 11) is 3.56. The van der Waals surface area contributed by atoms with Crippen molar-refractivity contribution in [1.29, 1.82) is 0 Å². The van der Waals surface area contributed by atoms with Crippen molar-refractivity contribution in [2.75, 3.05) is 53.7 Å². The number of carbonyl (C=O) groups is 1. The Bertz CT molecular complexity index is 1910. The molecule has 63 heavy (non-hydrogen) atoms. The lowest BCUT2D eigenvalue weighted by molar-refractivity contribution is -0.207. The number of rotatable bonds is 18. The number of methoxy groups -OCH3 is 1. The first kappa shape index (κ1) is 49.4. The van der Waals surface area contributed by atoms with Gasteiger partial charge in [0.15, 0.2) is 0 Å². The third kappa shape index (κ3) is 10.5. The van der Waals surface area contributed by atoms with Gasteiger partial charge in [0, 0.05) is 42.6 Å². The summed E-state index contributed by atoms with van der Waals surface area (Å²) in [4.78, 5) is 12.8. The maximum absolute atomic E-state index is 13.3. The summed E-state index contributed by atoms with van der Waals surface area (Å²) >= 11 is 0. The van der Waals surface area contributed by atoms with Crippen molar-refractivity contribution in [3.63, 3.8) is 0 Å². The molecular formula is C52H76N2O9. The number of hydrogen-bond acceptors (Lipinski definition) is 11. The Morgan fingerprint density at radius 1 is 1.16 bits per heavy atom. The van der Waals surface area contributed by atoms with E-state index in [9.17, 15) is 35.4 Å². The molecule has 4 bridgehead atoms. The smallest absolute Gasteiger partial charge is 0.146 e. The Balaban J connectivity index is 1.35. The molecule has 4 aliphatic carbocycles. The molecule has 1 aromatic carbocycles. The van der Waals surface area contributed by atoms with E-state index in [1.807, 2.05) is 32.2 Å². The summed E-state index contributed by atoms with van der Waals surface area (Å²) in [6.07, 6.45) is 18.1. The number of carbonyl (C=O) groups excluding carboxylic acids is 1. The van der Waals surface area contributed by atoms with E-state index in [-0.39, 0.29) is 43.1 Å². The van der Waals surface area contributed by atoms with Crippen molar-refractivity contribution in [1.82, 2.24) is 10.6 Å². The van der Waals surface area contributed by atoms with Crippen molar-refractivity contribution in [2.45, 2.75) is 120 Å². The van der Waals surface area contributed by atoms with Gasteiger partial charge in [-0.3, -0.25) is 10.1 Å². The predicted molar refractivity (Wildman–Crippen MR) is 247 cm³/mol. The van der Waals surface area contributed by atoms with Crippen LogP contribution in [0.15, 0.2) is 95.2 Å². The lowest BCUT2D eigenvalue weighted by Gasteiger charge is -2.66. The molecule has 1 aromatic rings. The fourth-order valence-corrected chi connectivity index (χ4v) is 12.3. The number of nitrogens with one attached hydrogen (secondary N) is 2. The molecule has 0 aromatic heterocycles. The van der Waals surface area contributed by atoms with Gasteiger partial charge in [0.05, 0.1) is 31.5 Å². The molecule has 6 rings (SSSR count). The van der Waals surface area contributed by atoms with Gasteiger partial charge in [0.1, 0.15) is 18.6 Å². The van der Waals surface area contributed by atoms with E-state index in [4.69, 9.17) is 9.47 Å². The molecule has 11 atom stereocenters. The van der Waals surface area contributed by atoms with Crippen molar-refractivity contribution < 1.29 is 44.9 Å². The Kier molecular flexibility index (Phi) is 16.8. The SMILES string of the molecule is C=C(/C=C/C=C(/COC[C@H](O)CO)[C@@H]1CC[C@]2([C@@H]1O)[C@H]1C3=C(C=O)CCC[C@@]3(C=C[C@@H]1CCO)C[C@]2(O)CCNC)[C@H]1C/C=C(\C)[C@@H](O)N[C@@](C)(CCOC)Cc2cccc(c2)C1. The topological polar surface area (TPSA) is 181 Å². The highest BCUT2D eigenvalue weighted by Gasteiger charge is 2.71. The van der Waals surface area contributed by atoms with Crippen LogP contribution in [0.1, 0.15) is 89.2 Å². The van der Waals surface area contributed by atoms with Crippen molar-refractivity contribution in [2.24, 2.45) is 34.5 Å². The molecule has 11 heteroatoms. The highest BCUT2D eigenvalue weighted by atomic mass is 16.5. The third-order valence-corrected chi connectivity index (χ3v) is 15.5. The van der Waals surface area contributed by atoms with Gasteiger partial charge in [0.25, 0.3) is 0 Å². The highest BCUT2D eigenvalue weighted by Crippen LogP contribution is 2.72. The van der Waals surface area contributed by atoms with Gasteiger partial charge in [-0.2, -0.15) is 0 Å². The minimum Gasteiger partial charge on any atom is -0.396 e. The van der Waals surface area contributed by atoms with Crippen LogP contribution in [0.3, 0.4) is 0 Å². The van der Waals surface area contributed by atoms with E-state index >= 15 is 0 Å². The Labute approximate surface area is 375 Å². The van der Waals surface area contributed by atoms with E-state index in [0.717, 1.165) is 66.3 Å². The molecular weight excluding hydrogens is 797 g/mol. The molecule has 1 spiro atoms. The normalized spacial score (nSPS) is 36.1. The fraction of sp³-hybridized carbons (Fsp3) is 0.635. The second-order valence-corrected chi connectivity index (χ2v) is 19.7. The maximum Gasteiger partial charge on any atom is 0.146 e. The summed E-state index contributed by atoms with van der Waals surface area (Å²) in [5.41, 5.74) is 3.58. The van der Waals surface area contributed by atoms with Crippen LogP contribution in [0.2, 0.25) is 0 Å². The van der Waals surface area contributed by atoms with Crippen molar-refractivity contribution in [3.05, 3.63) is 106 Å². The van der Waals surface area contributed by atoms with E-state index in [1.54, 1.807) is 7.11 Å². The van der Waals surface area contributed by atoms with E-state index in [1.165, 1.54) is 11.1 Å². The molecule has 0 radical (unpaired) electrons. The van der Waals surface area contributed by atoms with Crippen LogP contribution >= 0.6 is 0 Å². The average Bonchev–Trinajstić information content (AvgIpc) is 3.61. The molecule has 5 aliphatic rings. The summed E-state index contributed by atoms with van der Waals surface area (Å²) in [6, 6.07) is 8.62. The Morgan fingerprint density at radius 3 is 2.68 bits per heavy atom. The molecule has 0 amide bonds. The number of allylic oxidation sites excluding steroid dienone is 9. The lowest BCUT2D eigenvalue weighted by atomic mass is 9.40. The highest BCUT2D eigenvalue weighted by molar-refractivity contribution is 5.77. The quantitative estimate of drug-likeness (QED) is 0.0552. The van der Waals surface area contributed by atoms with E-state index in [2.05, 4.69) is 66.6 Å². The number of aliphatic hydroxyl groups excluding tert-OH is 5. The second kappa shape index (κ2) is 21.5. The molecule has 1 heterocycles. The minimum absolute atomic E-state index is 0.0226. The summed E-state index contributed by atoms with van der Waals surface area (Å²) in [6.45, 7) is 9.24. The summed E-state index contributed by atoms with van der Waals surface area (Å²) < 4.78 is 11.5. The molecule has 11 nitrogen and oxygen atoms in total. The van der Waals surface area contributed by atoms with E-state index < -0.39 is 47.4 Å². The van der Waals surface area contributed by atoms with Gasteiger partial charge in [0.2, 0.25) is 0 Å². The van der Waals surface area contributed by atoms with Gasteiger partial charge in [-0.25, -0.2) is 0 Å². The van der Waals surface area contributed by atoms with Gasteiger partial charge in [-0.05, 0) is 156 Å². The van der Waals surface area contributed by atoms with E-state index in [0.29, 0.717) is 58.1 Å². The first-order valence-electron chi connectivity index (χ1n) is 23.4. The van der Waals surface area contributed by atoms with Crippen LogP contribution < -0.4 is 10.6 Å². The number of hydrogen-bond donors (Lipinski definition) is 8. The Morgan fingerprint density at radius 2 is 1.95 bits per heavy atom. The number of fused-ring (bicyclic) bond motifs is 3. The molecule has 8 N–H and O–H groups in total. The first-order chi connectivity index (χ1) is 30.2. The maximum atomic E-state index is 13.3. The number of aldehydes is 1. The summed E-state index contributed by atoms with van der Waals surface area (Å²) in [5.74, 6) is -0.919. The van der Waals surface area contributed by atoms with Gasteiger partial charge >= 0.3 is 0 Å². The zero-order valence-corrected chi connectivity index (χ0v) is 38.2. The van der Waals surface area contributed by atoms with Crippen LogP contribution in [0.5, 0.6) is 0 Å². The molecule has 348 valence electrons. The Hall–Kier alpha value is -3.07. The zero-order valence-electron chi connectivity index (χ0n) is 38.2. The van der Waals surface area contributed by atoms with Crippen molar-refractivity contribution in [3.8, 4) is 0 Å². The van der Waals surface area contributed by atoms with Gasteiger partial charge < -0.3 is 45.4 Å². The lowest BCUT2D eigenvalue weighted by Crippen LogP contribution is -2.67. The largest absolute Gasteiger partial charge is 0.396 e. The predicted octanol–water partition coefficient (Wildman–Crippen LogP) is 5.20. The first-order valence-corrected chi connectivity index (χ1v) is 23.4. The number of ether oxygens (including phenoxy) is 2. The molecule has 0 unspecified atom stereocenters. The zero-order chi connectivity index (χ0) is 45.4. The van der Waals surface area contributed by atoms with Crippen LogP contribution in [-0.2, 0) is 27.1 Å². The summed E-state index contributed by atoms with van der Waals surface area (Å²) in [5, 5.41) is 74.5. The fourth-order valence-electron chi connectivity index (χ4n) is 12.3. The molecule has 1 aliphatic heterocycles.